The fraction of sp³-hybridized carbons (Fsp3) is 0.333. The molecule has 3 nitrogen and oxygen atoms in total. The quantitative estimate of drug-likeness (QED) is 0.532. The van der Waals surface area contributed by atoms with Crippen molar-refractivity contribution in [3.8, 4) is 0 Å². The minimum Gasteiger partial charge on any atom is -0.276 e. The Morgan fingerprint density at radius 1 is 1.67 bits per heavy atom. The van der Waals surface area contributed by atoms with Crippen molar-refractivity contribution >= 4 is 5.82 Å². The summed E-state index contributed by atoms with van der Waals surface area (Å²) in [5, 5.41) is 3.00. The molecule has 0 fully saturated rings. The number of rotatable bonds is 1. The van der Waals surface area contributed by atoms with E-state index in [1.54, 1.807) is 12.4 Å². The van der Waals surface area contributed by atoms with Crippen LogP contribution in [0.1, 0.15) is 0 Å². The highest BCUT2D eigenvalue weighted by molar-refractivity contribution is 5.21. The highest BCUT2D eigenvalue weighted by atomic mass is 15.1. The summed E-state index contributed by atoms with van der Waals surface area (Å²) in [5.41, 5.74) is 0. The maximum Gasteiger partial charge on any atom is 0.292 e. The molecule has 0 aliphatic carbocycles. The molecule has 0 saturated heterocycles. The van der Waals surface area contributed by atoms with Crippen molar-refractivity contribution in [2.24, 2.45) is 7.05 Å². The summed E-state index contributed by atoms with van der Waals surface area (Å²) in [6.45, 7) is 0. The van der Waals surface area contributed by atoms with Gasteiger partial charge in [-0.15, -0.1) is 0 Å². The Morgan fingerprint density at radius 3 is 2.89 bits per heavy atom. The van der Waals surface area contributed by atoms with Crippen molar-refractivity contribution in [2.75, 3.05) is 12.4 Å². The third kappa shape index (κ3) is 1.16. The number of nitrogens with zero attached hydrogens (tertiary/aromatic N) is 2. The fourth-order valence-electron chi connectivity index (χ4n) is 0.664. The Kier molecular flexibility index (Phi) is 1.63. The van der Waals surface area contributed by atoms with Crippen molar-refractivity contribution in [3.63, 3.8) is 0 Å². The average molecular weight is 124 g/mol. The van der Waals surface area contributed by atoms with Crippen LogP contribution in [0.15, 0.2) is 18.6 Å². The zero-order valence-electron chi connectivity index (χ0n) is 5.63. The fourth-order valence-corrected chi connectivity index (χ4v) is 0.664. The van der Waals surface area contributed by atoms with Gasteiger partial charge in [0.2, 0.25) is 0 Å². The van der Waals surface area contributed by atoms with Gasteiger partial charge in [-0.25, -0.2) is 4.57 Å². The van der Waals surface area contributed by atoms with Gasteiger partial charge in [0.05, 0.1) is 20.3 Å². The summed E-state index contributed by atoms with van der Waals surface area (Å²) in [6.07, 6.45) is 5.42. The summed E-state index contributed by atoms with van der Waals surface area (Å²) in [6, 6.07) is 0. The first-order chi connectivity index (χ1) is 4.34. The molecule has 1 aromatic rings. The van der Waals surface area contributed by atoms with E-state index in [1.807, 2.05) is 24.9 Å². The Hall–Kier alpha value is -1.12. The molecular formula is C6H10N3+. The maximum atomic E-state index is 3.93. The largest absolute Gasteiger partial charge is 0.292 e. The monoisotopic (exact) mass is 124 g/mol. The molecule has 0 bridgehead atoms. The van der Waals surface area contributed by atoms with Crippen molar-refractivity contribution in [1.29, 1.82) is 0 Å². The van der Waals surface area contributed by atoms with Crippen molar-refractivity contribution in [3.05, 3.63) is 18.6 Å². The van der Waals surface area contributed by atoms with Crippen LogP contribution in [0.5, 0.6) is 0 Å². The summed E-state index contributed by atoms with van der Waals surface area (Å²) in [5.74, 6) is 1.01. The highest BCUT2D eigenvalue weighted by Gasteiger charge is 1.96. The van der Waals surface area contributed by atoms with Crippen LogP contribution in [0, 0.1) is 0 Å². The third-order valence-corrected chi connectivity index (χ3v) is 1.21. The van der Waals surface area contributed by atoms with E-state index < -0.39 is 0 Å². The molecule has 1 heterocycles. The molecular weight excluding hydrogens is 114 g/mol. The highest BCUT2D eigenvalue weighted by Crippen LogP contribution is 1.89. The first-order valence-electron chi connectivity index (χ1n) is 2.82. The SMILES string of the molecule is CNc1cncc[n+]1C. The van der Waals surface area contributed by atoms with Gasteiger partial charge in [0.15, 0.2) is 0 Å². The van der Waals surface area contributed by atoms with Gasteiger partial charge in [-0.05, 0) is 0 Å². The van der Waals surface area contributed by atoms with Crippen LogP contribution in [0.25, 0.3) is 0 Å². The number of aromatic nitrogens is 2. The van der Waals surface area contributed by atoms with Gasteiger partial charge in [-0.3, -0.25) is 10.3 Å². The van der Waals surface area contributed by atoms with Crippen molar-refractivity contribution in [2.45, 2.75) is 0 Å². The van der Waals surface area contributed by atoms with Crippen molar-refractivity contribution in [1.82, 2.24) is 4.98 Å². The molecule has 1 rings (SSSR count). The predicted molar refractivity (Wildman–Crippen MR) is 35.0 cm³/mol. The lowest BCUT2D eigenvalue weighted by molar-refractivity contribution is -0.657. The molecule has 1 aromatic heterocycles. The van der Waals surface area contributed by atoms with Crippen LogP contribution in [-0.2, 0) is 7.05 Å². The Labute approximate surface area is 54.4 Å². The maximum absolute atomic E-state index is 3.93. The van der Waals surface area contributed by atoms with E-state index in [2.05, 4.69) is 10.3 Å². The summed E-state index contributed by atoms with van der Waals surface area (Å²) in [4.78, 5) is 3.93. The average Bonchev–Trinajstić information content (AvgIpc) is 1.89. The molecule has 9 heavy (non-hydrogen) atoms. The summed E-state index contributed by atoms with van der Waals surface area (Å²) >= 11 is 0. The molecule has 3 heteroatoms. The second-order valence-corrected chi connectivity index (χ2v) is 1.82. The van der Waals surface area contributed by atoms with Gasteiger partial charge in [0, 0.05) is 0 Å². The number of anilines is 1. The molecule has 0 amide bonds. The van der Waals surface area contributed by atoms with E-state index >= 15 is 0 Å². The van der Waals surface area contributed by atoms with Gasteiger partial charge in [-0.1, -0.05) is 0 Å². The normalized spacial score (nSPS) is 9.11. The minimum absolute atomic E-state index is 1.01. The van der Waals surface area contributed by atoms with E-state index in [0.717, 1.165) is 5.82 Å². The molecule has 0 radical (unpaired) electrons. The summed E-state index contributed by atoms with van der Waals surface area (Å²) in [7, 11) is 3.84. The Morgan fingerprint density at radius 2 is 2.44 bits per heavy atom. The van der Waals surface area contributed by atoms with E-state index in [0.29, 0.717) is 0 Å². The van der Waals surface area contributed by atoms with Crippen LogP contribution in [0.2, 0.25) is 0 Å². The predicted octanol–water partition coefficient (Wildman–Crippen LogP) is -0.0522. The lowest BCUT2D eigenvalue weighted by atomic mass is 10.6. The van der Waals surface area contributed by atoms with Crippen LogP contribution in [0.3, 0.4) is 0 Å². The number of aryl methyl sites for hydroxylation is 1. The molecule has 0 unspecified atom stereocenters. The topological polar surface area (TPSA) is 28.8 Å². The smallest absolute Gasteiger partial charge is 0.276 e. The first-order valence-corrected chi connectivity index (χ1v) is 2.82. The van der Waals surface area contributed by atoms with Gasteiger partial charge in [0.25, 0.3) is 5.82 Å². The number of hydrogen-bond donors (Lipinski definition) is 1. The van der Waals surface area contributed by atoms with Crippen LogP contribution < -0.4 is 9.88 Å². The standard InChI is InChI=1S/C6H9N3/c1-7-6-5-8-3-4-9(6)2/h3-5H,1-2H3/p+1. The zero-order valence-corrected chi connectivity index (χ0v) is 5.63. The van der Waals surface area contributed by atoms with E-state index in [-0.39, 0.29) is 0 Å². The molecule has 0 atom stereocenters. The summed E-state index contributed by atoms with van der Waals surface area (Å²) < 4.78 is 1.97. The van der Waals surface area contributed by atoms with E-state index in [9.17, 15) is 0 Å². The zero-order chi connectivity index (χ0) is 6.69. The van der Waals surface area contributed by atoms with Crippen LogP contribution in [-0.4, -0.2) is 12.0 Å². The van der Waals surface area contributed by atoms with Crippen LogP contribution in [0.4, 0.5) is 5.82 Å². The molecule has 0 saturated carbocycles. The molecule has 0 spiro atoms. The molecule has 0 aromatic carbocycles. The third-order valence-electron chi connectivity index (χ3n) is 1.21. The van der Waals surface area contributed by atoms with Crippen LogP contribution >= 0.6 is 0 Å². The van der Waals surface area contributed by atoms with Gasteiger partial charge in [0.1, 0.15) is 12.4 Å². The van der Waals surface area contributed by atoms with Gasteiger partial charge < -0.3 is 0 Å². The van der Waals surface area contributed by atoms with E-state index in [1.165, 1.54) is 0 Å². The Balaban J connectivity index is 3.01. The van der Waals surface area contributed by atoms with Crippen molar-refractivity contribution < 1.29 is 4.57 Å². The first kappa shape index (κ1) is 6.01. The number of hydrogen-bond acceptors (Lipinski definition) is 2. The van der Waals surface area contributed by atoms with Gasteiger partial charge >= 0.3 is 0 Å². The second-order valence-electron chi connectivity index (χ2n) is 1.82. The molecule has 0 aliphatic heterocycles. The molecule has 0 aliphatic rings. The van der Waals surface area contributed by atoms with E-state index in [4.69, 9.17) is 0 Å². The lowest BCUT2D eigenvalue weighted by Crippen LogP contribution is -2.31. The minimum atomic E-state index is 1.01. The molecule has 48 valence electrons. The Bertz CT molecular complexity index is 197. The number of nitrogens with one attached hydrogen (secondary N) is 1. The lowest BCUT2D eigenvalue weighted by Gasteiger charge is -1.94. The molecule has 1 N–H and O–H groups in total. The second kappa shape index (κ2) is 2.44. The van der Waals surface area contributed by atoms with Gasteiger partial charge in [-0.2, -0.15) is 0 Å².